The summed E-state index contributed by atoms with van der Waals surface area (Å²) in [5.41, 5.74) is -0.164. The SMILES string of the molecule is CC1CCN(CC(=O)[C@H]2CC[C@H]3[C@@H]4CC[C@H]5C[C@](C)(O)CC[C@@H]5[C@H]4CC[C@]23C)CC1. The van der Waals surface area contributed by atoms with Crippen molar-refractivity contribution < 1.29 is 9.90 Å². The monoisotopic (exact) mass is 415 g/mol. The van der Waals surface area contributed by atoms with Crippen molar-refractivity contribution in [2.75, 3.05) is 19.6 Å². The third kappa shape index (κ3) is 3.70. The highest BCUT2D eigenvalue weighted by atomic mass is 16.3. The van der Waals surface area contributed by atoms with Gasteiger partial charge in [-0.2, -0.15) is 0 Å². The number of rotatable bonds is 3. The summed E-state index contributed by atoms with van der Waals surface area (Å²) in [6, 6.07) is 0. The normalized spacial score (nSPS) is 49.9. The molecule has 0 radical (unpaired) electrons. The first-order valence-electron chi connectivity index (χ1n) is 13.2. The largest absolute Gasteiger partial charge is 0.390 e. The molecule has 4 saturated carbocycles. The summed E-state index contributed by atoms with van der Waals surface area (Å²) in [7, 11) is 0. The number of nitrogens with zero attached hydrogens (tertiary/aromatic N) is 1. The molecule has 1 saturated heterocycles. The zero-order valence-corrected chi connectivity index (χ0v) is 19.7. The first kappa shape index (κ1) is 21.4. The topological polar surface area (TPSA) is 40.5 Å². The van der Waals surface area contributed by atoms with Gasteiger partial charge in [0.2, 0.25) is 0 Å². The van der Waals surface area contributed by atoms with Gasteiger partial charge in [0.25, 0.3) is 0 Å². The average Bonchev–Trinajstić information content (AvgIpc) is 3.06. The Hall–Kier alpha value is -0.410. The van der Waals surface area contributed by atoms with Crippen LogP contribution in [0.15, 0.2) is 0 Å². The highest BCUT2D eigenvalue weighted by Crippen LogP contribution is 2.64. The number of likely N-dealkylation sites (tertiary alicyclic amines) is 1. The minimum atomic E-state index is -0.422. The standard InChI is InChI=1S/C27H45NO2/c1-18-10-14-28(15-11-18)17-25(29)24-7-6-23-22-5-4-19-16-26(2,30)12-8-20(19)21(22)9-13-27(23,24)3/h18-24,30H,4-17H2,1-3H3/t19-,20-,21+,22+,23-,24+,26+,27-/m0/s1. The molecule has 8 atom stereocenters. The molecular weight excluding hydrogens is 370 g/mol. The van der Waals surface area contributed by atoms with E-state index in [9.17, 15) is 9.90 Å². The molecule has 3 nitrogen and oxygen atoms in total. The molecule has 5 fully saturated rings. The Kier molecular flexibility index (Phi) is 5.62. The van der Waals surface area contributed by atoms with Crippen LogP contribution >= 0.6 is 0 Å². The molecule has 4 aliphatic carbocycles. The number of hydrogen-bond donors (Lipinski definition) is 1. The summed E-state index contributed by atoms with van der Waals surface area (Å²) >= 11 is 0. The molecule has 5 aliphatic rings. The Bertz CT molecular complexity index is 651. The van der Waals surface area contributed by atoms with Crippen LogP contribution in [0.1, 0.15) is 91.4 Å². The van der Waals surface area contributed by atoms with E-state index in [0.29, 0.717) is 18.2 Å². The average molecular weight is 416 g/mol. The first-order chi connectivity index (χ1) is 14.3. The van der Waals surface area contributed by atoms with Gasteiger partial charge in [-0.3, -0.25) is 9.69 Å². The summed E-state index contributed by atoms with van der Waals surface area (Å²) in [6.45, 7) is 9.87. The van der Waals surface area contributed by atoms with Gasteiger partial charge in [0.05, 0.1) is 12.1 Å². The van der Waals surface area contributed by atoms with E-state index in [4.69, 9.17) is 0 Å². The molecule has 30 heavy (non-hydrogen) atoms. The van der Waals surface area contributed by atoms with Crippen LogP contribution in [0.2, 0.25) is 0 Å². The van der Waals surface area contributed by atoms with Gasteiger partial charge in [0, 0.05) is 5.92 Å². The van der Waals surface area contributed by atoms with E-state index in [2.05, 4.69) is 25.7 Å². The van der Waals surface area contributed by atoms with E-state index < -0.39 is 5.60 Å². The van der Waals surface area contributed by atoms with Gasteiger partial charge in [0.1, 0.15) is 5.78 Å². The van der Waals surface area contributed by atoms with Crippen molar-refractivity contribution in [3.05, 3.63) is 0 Å². The van der Waals surface area contributed by atoms with E-state index in [1.54, 1.807) is 0 Å². The number of carbonyl (C=O) groups is 1. The van der Waals surface area contributed by atoms with E-state index in [1.165, 1.54) is 51.4 Å². The molecule has 0 unspecified atom stereocenters. The Morgan fingerprint density at radius 1 is 0.900 bits per heavy atom. The van der Waals surface area contributed by atoms with Gasteiger partial charge in [0.15, 0.2) is 0 Å². The van der Waals surface area contributed by atoms with Gasteiger partial charge in [-0.05, 0) is 132 Å². The summed E-state index contributed by atoms with van der Waals surface area (Å²) < 4.78 is 0. The summed E-state index contributed by atoms with van der Waals surface area (Å²) in [4.78, 5) is 15.9. The molecular formula is C27H45NO2. The molecule has 0 amide bonds. The van der Waals surface area contributed by atoms with Crippen molar-refractivity contribution in [3.8, 4) is 0 Å². The van der Waals surface area contributed by atoms with Gasteiger partial charge in [-0.1, -0.05) is 13.8 Å². The van der Waals surface area contributed by atoms with Gasteiger partial charge in [-0.15, -0.1) is 0 Å². The second-order valence-corrected chi connectivity index (χ2v) is 12.8. The molecule has 0 bridgehead atoms. The van der Waals surface area contributed by atoms with Crippen molar-refractivity contribution in [1.82, 2.24) is 4.90 Å². The molecule has 3 heteroatoms. The summed E-state index contributed by atoms with van der Waals surface area (Å²) in [6.07, 6.45) is 13.5. The molecule has 1 aliphatic heterocycles. The van der Waals surface area contributed by atoms with Crippen molar-refractivity contribution in [1.29, 1.82) is 0 Å². The number of hydrogen-bond acceptors (Lipinski definition) is 3. The summed E-state index contributed by atoms with van der Waals surface area (Å²) in [5, 5.41) is 10.6. The zero-order valence-electron chi connectivity index (χ0n) is 19.7. The molecule has 170 valence electrons. The van der Waals surface area contributed by atoms with Crippen molar-refractivity contribution >= 4 is 5.78 Å². The lowest BCUT2D eigenvalue weighted by molar-refractivity contribution is -0.133. The Morgan fingerprint density at radius 3 is 2.40 bits per heavy atom. The maximum atomic E-state index is 13.4. The number of piperidine rings is 1. The Balaban J connectivity index is 1.26. The quantitative estimate of drug-likeness (QED) is 0.679. The lowest BCUT2D eigenvalue weighted by Gasteiger charge is -2.57. The molecule has 0 aromatic rings. The highest BCUT2D eigenvalue weighted by molar-refractivity contribution is 5.84. The van der Waals surface area contributed by atoms with Crippen molar-refractivity contribution in [3.63, 3.8) is 0 Å². The lowest BCUT2D eigenvalue weighted by atomic mass is 9.49. The van der Waals surface area contributed by atoms with Crippen LogP contribution in [0, 0.1) is 46.8 Å². The second kappa shape index (κ2) is 7.87. The summed E-state index contributed by atoms with van der Waals surface area (Å²) in [5.74, 6) is 5.80. The predicted molar refractivity (Wildman–Crippen MR) is 121 cm³/mol. The zero-order chi connectivity index (χ0) is 21.1. The number of ketones is 1. The van der Waals surface area contributed by atoms with Crippen LogP contribution in [-0.4, -0.2) is 41.0 Å². The van der Waals surface area contributed by atoms with Crippen molar-refractivity contribution in [2.24, 2.45) is 46.8 Å². The number of fused-ring (bicyclic) bond motifs is 5. The number of carbonyl (C=O) groups excluding carboxylic acids is 1. The van der Waals surface area contributed by atoms with Gasteiger partial charge >= 0.3 is 0 Å². The van der Waals surface area contributed by atoms with E-state index in [-0.39, 0.29) is 5.41 Å². The third-order valence-corrected chi connectivity index (χ3v) is 10.9. The number of aliphatic hydroxyl groups is 1. The minimum absolute atomic E-state index is 0.258. The van der Waals surface area contributed by atoms with Crippen LogP contribution in [0.3, 0.4) is 0 Å². The third-order valence-electron chi connectivity index (χ3n) is 10.9. The van der Waals surface area contributed by atoms with Gasteiger partial charge < -0.3 is 5.11 Å². The fraction of sp³-hybridized carbons (Fsp3) is 0.963. The second-order valence-electron chi connectivity index (χ2n) is 12.8. The maximum Gasteiger partial charge on any atom is 0.150 e. The Labute approximate surface area is 184 Å². The van der Waals surface area contributed by atoms with Crippen LogP contribution in [0.5, 0.6) is 0 Å². The van der Waals surface area contributed by atoms with Crippen LogP contribution in [0.4, 0.5) is 0 Å². The minimum Gasteiger partial charge on any atom is -0.390 e. The first-order valence-corrected chi connectivity index (χ1v) is 13.2. The van der Waals surface area contributed by atoms with Gasteiger partial charge in [-0.25, -0.2) is 0 Å². The fourth-order valence-electron chi connectivity index (χ4n) is 9.16. The highest BCUT2D eigenvalue weighted by Gasteiger charge is 2.58. The Morgan fingerprint density at radius 2 is 1.63 bits per heavy atom. The molecule has 0 aromatic heterocycles. The van der Waals surface area contributed by atoms with E-state index >= 15 is 0 Å². The number of Topliss-reactive ketones (excluding diaryl/α,β-unsaturated/α-hetero) is 1. The van der Waals surface area contributed by atoms with E-state index in [0.717, 1.165) is 67.9 Å². The molecule has 1 N–H and O–H groups in total. The van der Waals surface area contributed by atoms with Crippen LogP contribution in [0.25, 0.3) is 0 Å². The van der Waals surface area contributed by atoms with Crippen molar-refractivity contribution in [2.45, 2.75) is 97.0 Å². The van der Waals surface area contributed by atoms with E-state index in [1.807, 2.05) is 0 Å². The van der Waals surface area contributed by atoms with Crippen LogP contribution < -0.4 is 0 Å². The molecule has 0 spiro atoms. The predicted octanol–water partition coefficient (Wildman–Crippen LogP) is 5.31. The smallest absolute Gasteiger partial charge is 0.150 e. The molecule has 5 rings (SSSR count). The van der Waals surface area contributed by atoms with Crippen LogP contribution in [-0.2, 0) is 4.79 Å². The molecule has 0 aromatic carbocycles. The fourth-order valence-corrected chi connectivity index (χ4v) is 9.16. The maximum absolute atomic E-state index is 13.4. The lowest BCUT2D eigenvalue weighted by Crippen LogP contribution is -2.51. The molecule has 1 heterocycles.